The van der Waals surface area contributed by atoms with Crippen LogP contribution in [0, 0.1) is 0 Å². The minimum atomic E-state index is -3.04. The van der Waals surface area contributed by atoms with E-state index >= 15 is 0 Å². The molecule has 5 heteroatoms. The summed E-state index contributed by atoms with van der Waals surface area (Å²) in [6, 6.07) is 7.55. The lowest BCUT2D eigenvalue weighted by atomic mass is 10.3. The molecule has 1 aromatic carbocycles. The van der Waals surface area contributed by atoms with E-state index in [1.807, 2.05) is 31.2 Å². The minimum Gasteiger partial charge on any atom is -0.341 e. The van der Waals surface area contributed by atoms with Crippen molar-refractivity contribution in [3.8, 4) is 0 Å². The van der Waals surface area contributed by atoms with Crippen LogP contribution in [0.2, 0.25) is 0 Å². The smallest absolute Gasteiger partial charge is 0.157 e. The molecule has 0 saturated carbocycles. The highest BCUT2D eigenvalue weighted by Gasteiger charge is 2.14. The van der Waals surface area contributed by atoms with Crippen LogP contribution in [-0.4, -0.2) is 24.1 Å². The van der Waals surface area contributed by atoms with E-state index in [0.717, 1.165) is 17.5 Å². The molecule has 0 aliphatic heterocycles. The van der Waals surface area contributed by atoms with Crippen LogP contribution >= 0.6 is 0 Å². The molecule has 92 valence electrons. The van der Waals surface area contributed by atoms with E-state index in [0.29, 0.717) is 12.2 Å². The van der Waals surface area contributed by atoms with Gasteiger partial charge >= 0.3 is 0 Å². The zero-order chi connectivity index (χ0) is 12.3. The fourth-order valence-corrected chi connectivity index (χ4v) is 3.14. The Morgan fingerprint density at radius 1 is 1.29 bits per heavy atom. The Labute approximate surface area is 101 Å². The predicted molar refractivity (Wildman–Crippen MR) is 68.5 cm³/mol. The van der Waals surface area contributed by atoms with Crippen LogP contribution in [0.25, 0.3) is 11.0 Å². The molecule has 0 amide bonds. The Kier molecular flexibility index (Phi) is 3.47. The van der Waals surface area contributed by atoms with Crippen LogP contribution in [0.3, 0.4) is 0 Å². The molecule has 0 spiro atoms. The van der Waals surface area contributed by atoms with Crippen LogP contribution in [0.4, 0.5) is 0 Å². The first-order valence-corrected chi connectivity index (χ1v) is 7.57. The van der Waals surface area contributed by atoms with Crippen LogP contribution in [0.1, 0.15) is 25.6 Å². The number of aromatic amines is 1. The van der Waals surface area contributed by atoms with Gasteiger partial charge in [0.2, 0.25) is 0 Å². The standard InChI is InChI=1S/C12H16N2O2S/c1-2-3-8-17(15,16)9-12-13-10-6-4-5-7-11(10)14-12/h4-7H,2-3,8-9H2,1H3,(H,13,14). The average Bonchev–Trinajstić information content (AvgIpc) is 2.67. The summed E-state index contributed by atoms with van der Waals surface area (Å²) in [7, 11) is -3.04. The average molecular weight is 252 g/mol. The summed E-state index contributed by atoms with van der Waals surface area (Å²) >= 11 is 0. The van der Waals surface area contributed by atoms with E-state index in [-0.39, 0.29) is 11.5 Å². The van der Waals surface area contributed by atoms with E-state index < -0.39 is 9.84 Å². The molecule has 17 heavy (non-hydrogen) atoms. The largest absolute Gasteiger partial charge is 0.341 e. The molecule has 4 nitrogen and oxygen atoms in total. The number of aromatic nitrogens is 2. The van der Waals surface area contributed by atoms with Gasteiger partial charge in [-0.05, 0) is 18.6 Å². The topological polar surface area (TPSA) is 62.8 Å². The molecular weight excluding hydrogens is 236 g/mol. The van der Waals surface area contributed by atoms with Gasteiger partial charge in [-0.25, -0.2) is 13.4 Å². The molecule has 0 radical (unpaired) electrons. The second-order valence-corrected chi connectivity index (χ2v) is 6.33. The fourth-order valence-electron chi connectivity index (χ4n) is 1.72. The molecule has 0 aliphatic carbocycles. The SMILES string of the molecule is CCCCS(=O)(=O)Cc1nc2ccccc2[nH]1. The molecule has 0 saturated heterocycles. The molecular formula is C12H16N2O2S. The summed E-state index contributed by atoms with van der Waals surface area (Å²) in [4.78, 5) is 7.31. The summed E-state index contributed by atoms with van der Waals surface area (Å²) in [6.07, 6.45) is 1.60. The molecule has 1 heterocycles. The third kappa shape index (κ3) is 3.06. The second-order valence-electron chi connectivity index (χ2n) is 4.15. The molecule has 0 aliphatic rings. The van der Waals surface area contributed by atoms with E-state index in [2.05, 4.69) is 9.97 Å². The van der Waals surface area contributed by atoms with Gasteiger partial charge in [0.1, 0.15) is 11.6 Å². The lowest BCUT2D eigenvalue weighted by molar-refractivity contribution is 0.591. The maximum Gasteiger partial charge on any atom is 0.157 e. The monoisotopic (exact) mass is 252 g/mol. The Bertz CT molecular complexity index is 569. The van der Waals surface area contributed by atoms with E-state index in [4.69, 9.17) is 0 Å². The van der Waals surface area contributed by atoms with Gasteiger partial charge in [0.05, 0.1) is 16.8 Å². The summed E-state index contributed by atoms with van der Waals surface area (Å²) in [5, 5.41) is 0. The normalized spacial score (nSPS) is 12.1. The number of sulfone groups is 1. The van der Waals surface area contributed by atoms with Crippen LogP contribution in [-0.2, 0) is 15.6 Å². The first-order chi connectivity index (χ1) is 8.11. The molecule has 0 fully saturated rings. The van der Waals surface area contributed by atoms with Crippen molar-refractivity contribution in [1.29, 1.82) is 0 Å². The van der Waals surface area contributed by atoms with Crippen LogP contribution < -0.4 is 0 Å². The van der Waals surface area contributed by atoms with Gasteiger partial charge in [0.15, 0.2) is 9.84 Å². The van der Waals surface area contributed by atoms with Gasteiger partial charge in [-0.3, -0.25) is 0 Å². The maximum atomic E-state index is 11.8. The zero-order valence-corrected chi connectivity index (χ0v) is 10.6. The number of H-pyrrole nitrogens is 1. The van der Waals surface area contributed by atoms with E-state index in [9.17, 15) is 8.42 Å². The van der Waals surface area contributed by atoms with Crippen molar-refractivity contribution in [1.82, 2.24) is 9.97 Å². The van der Waals surface area contributed by atoms with Gasteiger partial charge < -0.3 is 4.98 Å². The van der Waals surface area contributed by atoms with Crippen molar-refractivity contribution in [2.45, 2.75) is 25.5 Å². The third-order valence-corrected chi connectivity index (χ3v) is 4.23. The lowest BCUT2D eigenvalue weighted by Gasteiger charge is -2.00. The number of nitrogens with one attached hydrogen (secondary N) is 1. The van der Waals surface area contributed by atoms with Gasteiger partial charge in [-0.2, -0.15) is 0 Å². The zero-order valence-electron chi connectivity index (χ0n) is 9.81. The quantitative estimate of drug-likeness (QED) is 0.888. The lowest BCUT2D eigenvalue weighted by Crippen LogP contribution is -2.10. The number of hydrogen-bond donors (Lipinski definition) is 1. The fraction of sp³-hybridized carbons (Fsp3) is 0.417. The summed E-state index contributed by atoms with van der Waals surface area (Å²) < 4.78 is 23.6. The first-order valence-electron chi connectivity index (χ1n) is 5.75. The van der Waals surface area contributed by atoms with Gasteiger partial charge in [-0.1, -0.05) is 25.5 Å². The first kappa shape index (κ1) is 12.1. The number of fused-ring (bicyclic) bond motifs is 1. The summed E-state index contributed by atoms with van der Waals surface area (Å²) in [6.45, 7) is 1.98. The molecule has 0 atom stereocenters. The number of rotatable bonds is 5. The molecule has 1 aromatic heterocycles. The Morgan fingerprint density at radius 2 is 2.06 bits per heavy atom. The molecule has 1 N–H and O–H groups in total. The number of imidazole rings is 1. The van der Waals surface area contributed by atoms with Crippen molar-refractivity contribution in [3.63, 3.8) is 0 Å². The minimum absolute atomic E-state index is 0.00167. The van der Waals surface area contributed by atoms with Gasteiger partial charge in [0.25, 0.3) is 0 Å². The summed E-state index contributed by atoms with van der Waals surface area (Å²) in [5.74, 6) is 0.768. The molecule has 2 aromatic rings. The highest BCUT2D eigenvalue weighted by molar-refractivity contribution is 7.90. The van der Waals surface area contributed by atoms with Crippen molar-refractivity contribution >= 4 is 20.9 Å². The number of hydrogen-bond acceptors (Lipinski definition) is 3. The van der Waals surface area contributed by atoms with Crippen molar-refractivity contribution in [2.75, 3.05) is 5.75 Å². The van der Waals surface area contributed by atoms with Gasteiger partial charge in [0, 0.05) is 0 Å². The number of benzene rings is 1. The highest BCUT2D eigenvalue weighted by Crippen LogP contribution is 2.13. The Hall–Kier alpha value is -1.36. The van der Waals surface area contributed by atoms with Gasteiger partial charge in [-0.15, -0.1) is 0 Å². The van der Waals surface area contributed by atoms with Crippen molar-refractivity contribution < 1.29 is 8.42 Å². The van der Waals surface area contributed by atoms with Crippen molar-refractivity contribution in [2.24, 2.45) is 0 Å². The van der Waals surface area contributed by atoms with Crippen LogP contribution in [0.15, 0.2) is 24.3 Å². The number of nitrogens with zero attached hydrogens (tertiary/aromatic N) is 1. The molecule has 2 rings (SSSR count). The Morgan fingerprint density at radius 3 is 2.76 bits per heavy atom. The maximum absolute atomic E-state index is 11.8. The number of unbranched alkanes of at least 4 members (excludes halogenated alkanes) is 1. The van der Waals surface area contributed by atoms with E-state index in [1.165, 1.54) is 0 Å². The number of para-hydroxylation sites is 2. The second kappa shape index (κ2) is 4.87. The summed E-state index contributed by atoms with van der Waals surface area (Å²) in [5.41, 5.74) is 1.70. The molecule has 0 unspecified atom stereocenters. The Balaban J connectivity index is 2.18. The highest BCUT2D eigenvalue weighted by atomic mass is 32.2. The third-order valence-electron chi connectivity index (χ3n) is 2.60. The predicted octanol–water partition coefficient (Wildman–Crippen LogP) is 2.28. The van der Waals surface area contributed by atoms with Crippen LogP contribution in [0.5, 0.6) is 0 Å². The van der Waals surface area contributed by atoms with E-state index in [1.54, 1.807) is 0 Å². The molecule has 0 bridgehead atoms. The van der Waals surface area contributed by atoms with Crippen molar-refractivity contribution in [3.05, 3.63) is 30.1 Å².